The van der Waals surface area contributed by atoms with E-state index >= 15 is 0 Å². The molecule has 3 heteroatoms. The van der Waals surface area contributed by atoms with Gasteiger partial charge in [-0.05, 0) is 35.7 Å². The Hall–Kier alpha value is -1.87. The fourth-order valence-corrected chi connectivity index (χ4v) is 3.19. The lowest BCUT2D eigenvalue weighted by atomic mass is 9.82. The summed E-state index contributed by atoms with van der Waals surface area (Å²) in [5.74, 6) is -0.0864. The zero-order valence-electron chi connectivity index (χ0n) is 12.1. The molecular formula is C18H21NO2. The number of fused-ring (bicyclic) bond motifs is 1. The van der Waals surface area contributed by atoms with E-state index in [-0.39, 0.29) is 12.5 Å². The molecule has 0 radical (unpaired) electrons. The van der Waals surface area contributed by atoms with Crippen molar-refractivity contribution < 1.29 is 9.90 Å². The van der Waals surface area contributed by atoms with Crippen LogP contribution in [0.3, 0.4) is 0 Å². The van der Waals surface area contributed by atoms with Crippen LogP contribution in [0, 0.1) is 0 Å². The number of rotatable bonds is 3. The van der Waals surface area contributed by atoms with E-state index in [2.05, 4.69) is 5.32 Å². The molecule has 21 heavy (non-hydrogen) atoms. The van der Waals surface area contributed by atoms with Crippen LogP contribution < -0.4 is 5.32 Å². The van der Waals surface area contributed by atoms with Crippen LogP contribution in [-0.4, -0.2) is 23.2 Å². The maximum atomic E-state index is 12.5. The van der Waals surface area contributed by atoms with Crippen LogP contribution in [0.2, 0.25) is 0 Å². The van der Waals surface area contributed by atoms with Crippen molar-refractivity contribution in [3.63, 3.8) is 0 Å². The molecule has 3 rings (SSSR count). The molecule has 1 saturated carbocycles. The average Bonchev–Trinajstić information content (AvgIpc) is 2.55. The summed E-state index contributed by atoms with van der Waals surface area (Å²) in [5.41, 5.74) is 0.230. The Bertz CT molecular complexity index is 644. The first-order valence-corrected chi connectivity index (χ1v) is 7.65. The zero-order valence-corrected chi connectivity index (χ0v) is 12.1. The molecule has 0 bridgehead atoms. The van der Waals surface area contributed by atoms with Gasteiger partial charge in [-0.3, -0.25) is 4.79 Å². The van der Waals surface area contributed by atoms with Crippen LogP contribution in [0.4, 0.5) is 0 Å². The van der Waals surface area contributed by atoms with Crippen LogP contribution >= 0.6 is 0 Å². The second-order valence-electron chi connectivity index (χ2n) is 6.02. The second-order valence-corrected chi connectivity index (χ2v) is 6.02. The third kappa shape index (κ3) is 2.93. The molecule has 0 saturated heterocycles. The molecule has 0 spiro atoms. The van der Waals surface area contributed by atoms with Gasteiger partial charge in [-0.25, -0.2) is 0 Å². The van der Waals surface area contributed by atoms with E-state index in [0.29, 0.717) is 5.56 Å². The van der Waals surface area contributed by atoms with Crippen LogP contribution in [-0.2, 0) is 0 Å². The van der Waals surface area contributed by atoms with E-state index in [1.54, 1.807) is 0 Å². The molecule has 1 fully saturated rings. The number of carbonyl (C=O) groups excluding carboxylic acids is 1. The Labute approximate surface area is 125 Å². The molecule has 0 aromatic heterocycles. The molecule has 2 aromatic rings. The van der Waals surface area contributed by atoms with Gasteiger partial charge >= 0.3 is 0 Å². The van der Waals surface area contributed by atoms with Gasteiger partial charge in [0.25, 0.3) is 5.91 Å². The summed E-state index contributed by atoms with van der Waals surface area (Å²) in [6.07, 6.45) is 5.05. The smallest absolute Gasteiger partial charge is 0.251 e. The Kier molecular flexibility index (Phi) is 3.93. The summed E-state index contributed by atoms with van der Waals surface area (Å²) in [7, 11) is 0. The highest BCUT2D eigenvalue weighted by molar-refractivity contribution is 5.98. The van der Waals surface area contributed by atoms with Crippen molar-refractivity contribution in [1.29, 1.82) is 0 Å². The average molecular weight is 283 g/mol. The van der Waals surface area contributed by atoms with Gasteiger partial charge < -0.3 is 10.4 Å². The number of aliphatic hydroxyl groups excluding tert-OH is 1. The third-order valence-corrected chi connectivity index (χ3v) is 4.50. The van der Waals surface area contributed by atoms with Crippen molar-refractivity contribution in [3.8, 4) is 0 Å². The predicted molar refractivity (Wildman–Crippen MR) is 84.3 cm³/mol. The minimum absolute atomic E-state index is 0.0202. The zero-order chi connectivity index (χ0) is 14.7. The Morgan fingerprint density at radius 2 is 1.76 bits per heavy atom. The van der Waals surface area contributed by atoms with Crippen LogP contribution in [0.25, 0.3) is 10.8 Å². The van der Waals surface area contributed by atoms with Crippen molar-refractivity contribution in [2.24, 2.45) is 0 Å². The Balaban J connectivity index is 1.82. The fourth-order valence-electron chi connectivity index (χ4n) is 3.19. The molecule has 0 heterocycles. The molecular weight excluding hydrogens is 262 g/mol. The summed E-state index contributed by atoms with van der Waals surface area (Å²) >= 11 is 0. The molecule has 1 aliphatic rings. The van der Waals surface area contributed by atoms with Gasteiger partial charge in [-0.2, -0.15) is 0 Å². The van der Waals surface area contributed by atoms with Gasteiger partial charge in [0, 0.05) is 5.56 Å². The summed E-state index contributed by atoms with van der Waals surface area (Å²) in [6.45, 7) is 0.0202. The SMILES string of the molecule is O=C(NC1(CO)CCCCC1)c1ccc2ccccc2c1. The molecule has 1 amide bonds. The Morgan fingerprint density at radius 3 is 2.48 bits per heavy atom. The molecule has 2 aromatic carbocycles. The van der Waals surface area contributed by atoms with Gasteiger partial charge in [0.1, 0.15) is 0 Å². The quantitative estimate of drug-likeness (QED) is 0.908. The molecule has 0 unspecified atom stereocenters. The highest BCUT2D eigenvalue weighted by Crippen LogP contribution is 2.28. The van der Waals surface area contributed by atoms with Crippen LogP contribution in [0.5, 0.6) is 0 Å². The standard InChI is InChI=1S/C18H21NO2/c20-13-18(10-4-1-5-11-18)19-17(21)16-9-8-14-6-2-3-7-15(14)12-16/h2-3,6-9,12,20H,1,4-5,10-11,13H2,(H,19,21). The maximum Gasteiger partial charge on any atom is 0.251 e. The normalized spacial score (nSPS) is 17.6. The first kappa shape index (κ1) is 14.1. The summed E-state index contributed by atoms with van der Waals surface area (Å²) in [5, 5.41) is 15.0. The van der Waals surface area contributed by atoms with E-state index in [0.717, 1.165) is 36.5 Å². The van der Waals surface area contributed by atoms with Gasteiger partial charge in [-0.15, -0.1) is 0 Å². The van der Waals surface area contributed by atoms with Crippen molar-refractivity contribution >= 4 is 16.7 Å². The van der Waals surface area contributed by atoms with E-state index in [4.69, 9.17) is 0 Å². The maximum absolute atomic E-state index is 12.5. The lowest BCUT2D eigenvalue weighted by Gasteiger charge is -2.36. The van der Waals surface area contributed by atoms with E-state index in [1.165, 1.54) is 6.42 Å². The number of amides is 1. The summed E-state index contributed by atoms with van der Waals surface area (Å²) < 4.78 is 0. The van der Waals surface area contributed by atoms with Gasteiger partial charge in [0.05, 0.1) is 12.1 Å². The first-order chi connectivity index (χ1) is 10.2. The number of carbonyl (C=O) groups is 1. The van der Waals surface area contributed by atoms with Gasteiger partial charge in [-0.1, -0.05) is 49.6 Å². The largest absolute Gasteiger partial charge is 0.394 e. The van der Waals surface area contributed by atoms with Gasteiger partial charge in [0.2, 0.25) is 0 Å². The molecule has 2 N–H and O–H groups in total. The first-order valence-electron chi connectivity index (χ1n) is 7.65. The molecule has 0 atom stereocenters. The number of aliphatic hydroxyl groups is 1. The number of nitrogens with one attached hydrogen (secondary N) is 1. The highest BCUT2D eigenvalue weighted by atomic mass is 16.3. The minimum atomic E-state index is -0.430. The molecule has 3 nitrogen and oxygen atoms in total. The second kappa shape index (κ2) is 5.86. The van der Waals surface area contributed by atoms with Crippen molar-refractivity contribution in [2.45, 2.75) is 37.6 Å². The molecule has 1 aliphatic carbocycles. The van der Waals surface area contributed by atoms with E-state index < -0.39 is 5.54 Å². The highest BCUT2D eigenvalue weighted by Gasteiger charge is 2.33. The predicted octanol–water partition coefficient (Wildman–Crippen LogP) is 3.26. The minimum Gasteiger partial charge on any atom is -0.394 e. The molecule has 110 valence electrons. The van der Waals surface area contributed by atoms with Crippen LogP contribution in [0.1, 0.15) is 42.5 Å². The summed E-state index contributed by atoms with van der Waals surface area (Å²) in [4.78, 5) is 12.5. The topological polar surface area (TPSA) is 49.3 Å². The van der Waals surface area contributed by atoms with Crippen LogP contribution in [0.15, 0.2) is 42.5 Å². The number of hydrogen-bond acceptors (Lipinski definition) is 2. The molecule has 0 aliphatic heterocycles. The van der Waals surface area contributed by atoms with Crippen molar-refractivity contribution in [1.82, 2.24) is 5.32 Å². The van der Waals surface area contributed by atoms with Crippen molar-refractivity contribution in [2.75, 3.05) is 6.61 Å². The summed E-state index contributed by atoms with van der Waals surface area (Å²) in [6, 6.07) is 13.7. The lowest BCUT2D eigenvalue weighted by Crippen LogP contribution is -2.52. The number of benzene rings is 2. The van der Waals surface area contributed by atoms with E-state index in [9.17, 15) is 9.90 Å². The number of hydrogen-bond donors (Lipinski definition) is 2. The fraction of sp³-hybridized carbons (Fsp3) is 0.389. The third-order valence-electron chi connectivity index (χ3n) is 4.50. The monoisotopic (exact) mass is 283 g/mol. The lowest BCUT2D eigenvalue weighted by molar-refractivity contribution is 0.0759. The van der Waals surface area contributed by atoms with Crippen molar-refractivity contribution in [3.05, 3.63) is 48.0 Å². The van der Waals surface area contributed by atoms with Gasteiger partial charge in [0.15, 0.2) is 0 Å². The Morgan fingerprint density at radius 1 is 1.05 bits per heavy atom. The van der Waals surface area contributed by atoms with E-state index in [1.807, 2.05) is 42.5 Å².